The fourth-order valence-corrected chi connectivity index (χ4v) is 2.23. The van der Waals surface area contributed by atoms with Gasteiger partial charge in [0, 0.05) is 0 Å². The molecule has 146 valence electrons. The summed E-state index contributed by atoms with van der Waals surface area (Å²) in [5.41, 5.74) is 0.221. The van der Waals surface area contributed by atoms with Crippen LogP contribution in [-0.2, 0) is 11.2 Å². The number of carbonyl (C=O) groups is 1. The standard InChI is InChI=1S/C17H13F5O5/c1-24-8-4-7(5-9(25-2)16(8)26-3)6-10(23)27-17-14(21)12(19)11(18)13(20)15(17)22/h4-5H,6H2,1-3H3. The van der Waals surface area contributed by atoms with Crippen molar-refractivity contribution in [3.8, 4) is 23.0 Å². The van der Waals surface area contributed by atoms with Crippen molar-refractivity contribution in [2.45, 2.75) is 6.42 Å². The zero-order valence-corrected chi connectivity index (χ0v) is 14.3. The van der Waals surface area contributed by atoms with Crippen LogP contribution >= 0.6 is 0 Å². The van der Waals surface area contributed by atoms with Gasteiger partial charge in [-0.3, -0.25) is 4.79 Å². The third-order valence-electron chi connectivity index (χ3n) is 3.46. The smallest absolute Gasteiger partial charge is 0.315 e. The zero-order valence-electron chi connectivity index (χ0n) is 14.3. The van der Waals surface area contributed by atoms with E-state index < -0.39 is 47.2 Å². The van der Waals surface area contributed by atoms with E-state index in [9.17, 15) is 26.7 Å². The normalized spacial score (nSPS) is 10.5. The molecule has 0 fully saturated rings. The van der Waals surface area contributed by atoms with Gasteiger partial charge in [-0.1, -0.05) is 0 Å². The highest BCUT2D eigenvalue weighted by molar-refractivity contribution is 5.76. The average molecular weight is 392 g/mol. The molecule has 0 saturated carbocycles. The van der Waals surface area contributed by atoms with Gasteiger partial charge in [-0.15, -0.1) is 0 Å². The van der Waals surface area contributed by atoms with Gasteiger partial charge in [-0.25, -0.2) is 13.2 Å². The van der Waals surface area contributed by atoms with Crippen molar-refractivity contribution in [3.05, 3.63) is 46.8 Å². The van der Waals surface area contributed by atoms with Crippen molar-refractivity contribution in [1.82, 2.24) is 0 Å². The molecule has 0 aliphatic heterocycles. The third kappa shape index (κ3) is 3.88. The van der Waals surface area contributed by atoms with Crippen LogP contribution in [0.5, 0.6) is 23.0 Å². The van der Waals surface area contributed by atoms with Crippen molar-refractivity contribution in [2.75, 3.05) is 21.3 Å². The molecule has 0 N–H and O–H groups in total. The van der Waals surface area contributed by atoms with Gasteiger partial charge in [0.2, 0.25) is 40.6 Å². The summed E-state index contributed by atoms with van der Waals surface area (Å²) in [7, 11) is 4.01. The summed E-state index contributed by atoms with van der Waals surface area (Å²) in [4.78, 5) is 11.9. The first-order valence-electron chi connectivity index (χ1n) is 7.26. The van der Waals surface area contributed by atoms with E-state index >= 15 is 0 Å². The van der Waals surface area contributed by atoms with E-state index in [1.807, 2.05) is 0 Å². The van der Waals surface area contributed by atoms with Crippen LogP contribution in [0, 0.1) is 29.1 Å². The van der Waals surface area contributed by atoms with Crippen LogP contribution in [-0.4, -0.2) is 27.3 Å². The van der Waals surface area contributed by atoms with Crippen molar-refractivity contribution in [3.63, 3.8) is 0 Å². The molecule has 10 heteroatoms. The molecule has 0 radical (unpaired) electrons. The lowest BCUT2D eigenvalue weighted by molar-refractivity contribution is -0.134. The predicted octanol–water partition coefficient (Wildman–Crippen LogP) is 3.56. The molecule has 0 saturated heterocycles. The zero-order chi connectivity index (χ0) is 20.3. The Bertz CT molecular complexity index is 830. The van der Waals surface area contributed by atoms with Crippen molar-refractivity contribution < 1.29 is 45.7 Å². The van der Waals surface area contributed by atoms with E-state index in [1.54, 1.807) is 0 Å². The minimum Gasteiger partial charge on any atom is -0.493 e. The minimum atomic E-state index is -2.35. The fourth-order valence-electron chi connectivity index (χ4n) is 2.23. The Hall–Kier alpha value is -3.04. The number of hydrogen-bond acceptors (Lipinski definition) is 5. The molecule has 0 aromatic heterocycles. The first kappa shape index (κ1) is 20.3. The number of benzene rings is 2. The highest BCUT2D eigenvalue weighted by atomic mass is 19.2. The van der Waals surface area contributed by atoms with E-state index in [0.29, 0.717) is 0 Å². The highest BCUT2D eigenvalue weighted by Gasteiger charge is 2.28. The fraction of sp³-hybridized carbons (Fsp3) is 0.235. The molecule has 27 heavy (non-hydrogen) atoms. The van der Waals surface area contributed by atoms with Gasteiger partial charge in [-0.05, 0) is 17.7 Å². The lowest BCUT2D eigenvalue weighted by atomic mass is 10.1. The first-order valence-corrected chi connectivity index (χ1v) is 7.26. The Balaban J connectivity index is 2.32. The predicted molar refractivity (Wildman–Crippen MR) is 81.7 cm³/mol. The second-order valence-electron chi connectivity index (χ2n) is 5.08. The molecular weight excluding hydrogens is 379 g/mol. The molecule has 2 aromatic rings. The van der Waals surface area contributed by atoms with Gasteiger partial charge in [0.15, 0.2) is 11.5 Å². The lowest BCUT2D eigenvalue weighted by Crippen LogP contribution is -2.15. The maximum Gasteiger partial charge on any atom is 0.315 e. The second kappa shape index (κ2) is 8.11. The molecular formula is C17H13F5O5. The van der Waals surface area contributed by atoms with Crippen LogP contribution in [0.4, 0.5) is 22.0 Å². The summed E-state index contributed by atoms with van der Waals surface area (Å²) < 4.78 is 86.1. The molecule has 2 rings (SSSR count). The average Bonchev–Trinajstić information content (AvgIpc) is 2.67. The Morgan fingerprint density at radius 1 is 0.741 bits per heavy atom. The summed E-state index contributed by atoms with van der Waals surface area (Å²) >= 11 is 0. The van der Waals surface area contributed by atoms with E-state index in [2.05, 4.69) is 4.74 Å². The maximum atomic E-state index is 13.6. The number of carbonyl (C=O) groups excluding carboxylic acids is 1. The molecule has 0 atom stereocenters. The Kier molecular flexibility index (Phi) is 6.09. The van der Waals surface area contributed by atoms with Crippen LogP contribution in [0.2, 0.25) is 0 Å². The molecule has 5 nitrogen and oxygen atoms in total. The minimum absolute atomic E-state index is 0.191. The van der Waals surface area contributed by atoms with E-state index in [-0.39, 0.29) is 22.8 Å². The maximum absolute atomic E-state index is 13.6. The van der Waals surface area contributed by atoms with E-state index in [1.165, 1.54) is 33.5 Å². The summed E-state index contributed by atoms with van der Waals surface area (Å²) in [5, 5.41) is 0. The number of rotatable bonds is 6. The topological polar surface area (TPSA) is 54.0 Å². The van der Waals surface area contributed by atoms with Gasteiger partial charge in [0.25, 0.3) is 0 Å². The molecule has 0 bridgehead atoms. The van der Waals surface area contributed by atoms with Gasteiger partial charge in [-0.2, -0.15) is 8.78 Å². The molecule has 0 unspecified atom stereocenters. The summed E-state index contributed by atoms with van der Waals surface area (Å²) in [5.74, 6) is -13.6. The molecule has 0 aliphatic rings. The van der Waals surface area contributed by atoms with Gasteiger partial charge in [0.1, 0.15) is 0 Å². The largest absolute Gasteiger partial charge is 0.493 e. The molecule has 0 amide bonds. The molecule has 0 spiro atoms. The van der Waals surface area contributed by atoms with Crippen LogP contribution < -0.4 is 18.9 Å². The van der Waals surface area contributed by atoms with Crippen LogP contribution in [0.3, 0.4) is 0 Å². The third-order valence-corrected chi connectivity index (χ3v) is 3.46. The summed E-state index contributed by atoms with van der Waals surface area (Å²) in [6.07, 6.45) is -0.573. The first-order chi connectivity index (χ1) is 12.7. The Labute approximate surface area is 150 Å². The summed E-state index contributed by atoms with van der Waals surface area (Å²) in [6, 6.07) is 2.72. The molecule has 0 aliphatic carbocycles. The lowest BCUT2D eigenvalue weighted by Gasteiger charge is -2.14. The Morgan fingerprint density at radius 3 is 1.59 bits per heavy atom. The van der Waals surface area contributed by atoms with Crippen molar-refractivity contribution >= 4 is 5.97 Å². The van der Waals surface area contributed by atoms with Crippen LogP contribution in [0.25, 0.3) is 0 Å². The van der Waals surface area contributed by atoms with Crippen LogP contribution in [0.1, 0.15) is 5.56 Å². The van der Waals surface area contributed by atoms with Crippen molar-refractivity contribution in [1.29, 1.82) is 0 Å². The van der Waals surface area contributed by atoms with E-state index in [4.69, 9.17) is 14.2 Å². The monoisotopic (exact) mass is 392 g/mol. The number of halogens is 5. The molecule has 2 aromatic carbocycles. The SMILES string of the molecule is COc1cc(CC(=O)Oc2c(F)c(F)c(F)c(F)c2F)cc(OC)c1OC. The van der Waals surface area contributed by atoms with Crippen molar-refractivity contribution in [2.24, 2.45) is 0 Å². The number of ether oxygens (including phenoxy) is 4. The summed E-state index contributed by atoms with van der Waals surface area (Å²) in [6.45, 7) is 0. The van der Waals surface area contributed by atoms with Crippen LogP contribution in [0.15, 0.2) is 12.1 Å². The number of hydrogen-bond donors (Lipinski definition) is 0. The number of esters is 1. The Morgan fingerprint density at radius 2 is 1.19 bits per heavy atom. The number of methoxy groups -OCH3 is 3. The van der Waals surface area contributed by atoms with Gasteiger partial charge < -0.3 is 18.9 Å². The van der Waals surface area contributed by atoms with E-state index in [0.717, 1.165) is 0 Å². The highest BCUT2D eigenvalue weighted by Crippen LogP contribution is 2.38. The van der Waals surface area contributed by atoms with Gasteiger partial charge >= 0.3 is 5.97 Å². The molecule has 0 heterocycles. The second-order valence-corrected chi connectivity index (χ2v) is 5.08. The quantitative estimate of drug-likeness (QED) is 0.247. The van der Waals surface area contributed by atoms with Gasteiger partial charge in [0.05, 0.1) is 27.8 Å².